The standard InChI is InChI=1S/C17H21ClN4O2S2/c18-14-5-3-13(4-6-14)11-16-19-20-17(25-16)21-10-7-15(12-21)26(23,24)22-8-1-2-9-22/h3-6,15H,1-2,7-12H2. The number of nitrogens with zero attached hydrogens (tertiary/aromatic N) is 4. The van der Waals surface area contributed by atoms with Crippen molar-refractivity contribution in [2.75, 3.05) is 31.1 Å². The van der Waals surface area contributed by atoms with Crippen molar-refractivity contribution in [1.29, 1.82) is 0 Å². The minimum absolute atomic E-state index is 0.329. The maximum atomic E-state index is 12.7. The summed E-state index contributed by atoms with van der Waals surface area (Å²) in [6.07, 6.45) is 3.31. The van der Waals surface area contributed by atoms with Crippen LogP contribution in [0.4, 0.5) is 5.13 Å². The fourth-order valence-corrected chi connectivity index (χ4v) is 6.51. The predicted octanol–water partition coefficient (Wildman–Crippen LogP) is 2.79. The van der Waals surface area contributed by atoms with Crippen LogP contribution in [0.5, 0.6) is 0 Å². The molecule has 2 saturated heterocycles. The number of aromatic nitrogens is 2. The van der Waals surface area contributed by atoms with Gasteiger partial charge in [-0.2, -0.15) is 0 Å². The molecule has 9 heteroatoms. The maximum Gasteiger partial charge on any atom is 0.218 e. The van der Waals surface area contributed by atoms with Crippen LogP contribution in [0.2, 0.25) is 5.02 Å². The fraction of sp³-hybridized carbons (Fsp3) is 0.529. The van der Waals surface area contributed by atoms with E-state index in [1.807, 2.05) is 24.3 Å². The Bertz CT molecular complexity index is 863. The Morgan fingerprint density at radius 2 is 1.85 bits per heavy atom. The molecule has 2 aliphatic rings. The van der Waals surface area contributed by atoms with E-state index in [-0.39, 0.29) is 5.25 Å². The number of benzene rings is 1. The van der Waals surface area contributed by atoms with Gasteiger partial charge in [0.15, 0.2) is 0 Å². The summed E-state index contributed by atoms with van der Waals surface area (Å²) in [6.45, 7) is 2.56. The highest BCUT2D eigenvalue weighted by Crippen LogP contribution is 2.30. The van der Waals surface area contributed by atoms with Crippen molar-refractivity contribution in [3.05, 3.63) is 39.9 Å². The zero-order valence-corrected chi connectivity index (χ0v) is 16.7. The van der Waals surface area contributed by atoms with Gasteiger partial charge in [-0.05, 0) is 37.0 Å². The maximum absolute atomic E-state index is 12.7. The molecule has 0 amide bonds. The smallest absolute Gasteiger partial charge is 0.218 e. The SMILES string of the molecule is O=S(=O)(C1CCN(c2nnc(Cc3ccc(Cl)cc3)s2)C1)N1CCCC1. The molecule has 3 heterocycles. The number of hydrogen-bond donors (Lipinski definition) is 0. The van der Waals surface area contributed by atoms with Crippen LogP contribution < -0.4 is 4.90 Å². The van der Waals surface area contributed by atoms with E-state index >= 15 is 0 Å². The second-order valence-corrected chi connectivity index (χ2v) is 10.5. The molecule has 0 N–H and O–H groups in total. The van der Waals surface area contributed by atoms with Crippen LogP contribution in [0.3, 0.4) is 0 Å². The van der Waals surface area contributed by atoms with Gasteiger partial charge in [0.25, 0.3) is 0 Å². The average molecular weight is 413 g/mol. The highest BCUT2D eigenvalue weighted by molar-refractivity contribution is 7.89. The molecule has 1 aromatic carbocycles. The number of rotatable bonds is 5. The predicted molar refractivity (Wildman–Crippen MR) is 105 cm³/mol. The zero-order chi connectivity index (χ0) is 18.1. The first kappa shape index (κ1) is 18.2. The molecule has 2 aromatic rings. The van der Waals surface area contributed by atoms with Gasteiger partial charge in [-0.25, -0.2) is 12.7 Å². The van der Waals surface area contributed by atoms with E-state index in [2.05, 4.69) is 15.1 Å². The summed E-state index contributed by atoms with van der Waals surface area (Å²) >= 11 is 7.45. The van der Waals surface area contributed by atoms with Crippen LogP contribution in [-0.2, 0) is 16.4 Å². The Labute approximate surface area is 162 Å². The van der Waals surface area contributed by atoms with Crippen molar-refractivity contribution in [3.63, 3.8) is 0 Å². The molecule has 0 bridgehead atoms. The third kappa shape index (κ3) is 3.74. The lowest BCUT2D eigenvalue weighted by Crippen LogP contribution is -2.38. The largest absolute Gasteiger partial charge is 0.345 e. The molecular formula is C17H21ClN4O2S2. The summed E-state index contributed by atoms with van der Waals surface area (Å²) in [5, 5.41) is 10.7. The van der Waals surface area contributed by atoms with E-state index in [1.165, 1.54) is 11.3 Å². The van der Waals surface area contributed by atoms with E-state index in [0.717, 1.165) is 28.5 Å². The van der Waals surface area contributed by atoms with Gasteiger partial charge in [0.05, 0.1) is 5.25 Å². The highest BCUT2D eigenvalue weighted by Gasteiger charge is 2.39. The molecule has 2 aliphatic heterocycles. The number of anilines is 1. The minimum Gasteiger partial charge on any atom is -0.345 e. The first-order valence-electron chi connectivity index (χ1n) is 8.83. The minimum atomic E-state index is -3.19. The first-order valence-corrected chi connectivity index (χ1v) is 11.5. The Morgan fingerprint density at radius 3 is 2.58 bits per heavy atom. The zero-order valence-electron chi connectivity index (χ0n) is 14.3. The van der Waals surface area contributed by atoms with E-state index in [0.29, 0.717) is 44.0 Å². The summed E-state index contributed by atoms with van der Waals surface area (Å²) in [5.74, 6) is 0. The third-order valence-electron chi connectivity index (χ3n) is 4.99. The molecule has 2 fully saturated rings. The number of sulfonamides is 1. The van der Waals surface area contributed by atoms with E-state index in [4.69, 9.17) is 11.6 Å². The number of halogens is 1. The highest BCUT2D eigenvalue weighted by atomic mass is 35.5. The molecule has 0 saturated carbocycles. The first-order chi connectivity index (χ1) is 12.5. The second kappa shape index (κ2) is 7.42. The molecule has 1 aromatic heterocycles. The summed E-state index contributed by atoms with van der Waals surface area (Å²) in [7, 11) is -3.19. The molecule has 0 radical (unpaired) electrons. The molecule has 4 rings (SSSR count). The lowest BCUT2D eigenvalue weighted by Gasteiger charge is -2.20. The van der Waals surface area contributed by atoms with Gasteiger partial charge in [-0.1, -0.05) is 35.1 Å². The van der Waals surface area contributed by atoms with E-state index < -0.39 is 10.0 Å². The van der Waals surface area contributed by atoms with Crippen molar-refractivity contribution in [3.8, 4) is 0 Å². The summed E-state index contributed by atoms with van der Waals surface area (Å²) in [4.78, 5) is 2.06. The van der Waals surface area contributed by atoms with Gasteiger partial charge in [0.2, 0.25) is 15.2 Å². The average Bonchev–Trinajstić information content (AvgIpc) is 3.38. The third-order valence-corrected chi connectivity index (χ3v) is 8.53. The Morgan fingerprint density at radius 1 is 1.12 bits per heavy atom. The van der Waals surface area contributed by atoms with Crippen LogP contribution in [0, 0.1) is 0 Å². The van der Waals surface area contributed by atoms with Crippen molar-refractivity contribution >= 4 is 38.1 Å². The van der Waals surface area contributed by atoms with Crippen LogP contribution in [-0.4, -0.2) is 54.3 Å². The van der Waals surface area contributed by atoms with Gasteiger partial charge >= 0.3 is 0 Å². The van der Waals surface area contributed by atoms with E-state index in [9.17, 15) is 8.42 Å². The van der Waals surface area contributed by atoms with Crippen molar-refractivity contribution in [2.24, 2.45) is 0 Å². The summed E-state index contributed by atoms with van der Waals surface area (Å²) < 4.78 is 27.1. The molecule has 140 valence electrons. The Hall–Kier alpha value is -1.22. The van der Waals surface area contributed by atoms with Gasteiger partial charge in [0, 0.05) is 37.6 Å². The quantitative estimate of drug-likeness (QED) is 0.755. The monoisotopic (exact) mass is 412 g/mol. The lowest BCUT2D eigenvalue weighted by molar-refractivity contribution is 0.467. The molecule has 0 spiro atoms. The van der Waals surface area contributed by atoms with Crippen molar-refractivity contribution in [1.82, 2.24) is 14.5 Å². The van der Waals surface area contributed by atoms with Crippen LogP contribution in [0.25, 0.3) is 0 Å². The van der Waals surface area contributed by atoms with E-state index in [1.54, 1.807) is 4.31 Å². The van der Waals surface area contributed by atoms with Crippen LogP contribution in [0.15, 0.2) is 24.3 Å². The summed E-state index contributed by atoms with van der Waals surface area (Å²) in [6, 6.07) is 7.70. The molecule has 6 nitrogen and oxygen atoms in total. The Balaban J connectivity index is 1.41. The van der Waals surface area contributed by atoms with Crippen molar-refractivity contribution < 1.29 is 8.42 Å². The molecule has 0 aliphatic carbocycles. The van der Waals surface area contributed by atoms with Crippen LogP contribution >= 0.6 is 22.9 Å². The fourth-order valence-electron chi connectivity index (χ4n) is 3.52. The molecule has 26 heavy (non-hydrogen) atoms. The van der Waals surface area contributed by atoms with Gasteiger partial charge in [0.1, 0.15) is 5.01 Å². The van der Waals surface area contributed by atoms with Gasteiger partial charge in [-0.15, -0.1) is 10.2 Å². The van der Waals surface area contributed by atoms with Gasteiger partial charge in [-0.3, -0.25) is 0 Å². The summed E-state index contributed by atoms with van der Waals surface area (Å²) in [5.41, 5.74) is 1.13. The molecule has 1 unspecified atom stereocenters. The van der Waals surface area contributed by atoms with Crippen LogP contribution in [0.1, 0.15) is 29.8 Å². The number of hydrogen-bond acceptors (Lipinski definition) is 6. The lowest BCUT2D eigenvalue weighted by atomic mass is 10.2. The van der Waals surface area contributed by atoms with Gasteiger partial charge < -0.3 is 4.90 Å². The Kier molecular flexibility index (Phi) is 5.18. The van der Waals surface area contributed by atoms with Crippen molar-refractivity contribution in [2.45, 2.75) is 30.9 Å². The topological polar surface area (TPSA) is 66.4 Å². The molecule has 1 atom stereocenters. The second-order valence-electron chi connectivity index (χ2n) is 6.79. The normalized spacial score (nSPS) is 21.6. The molecular weight excluding hydrogens is 392 g/mol.